The molecule has 7 heteroatoms. The number of likely N-dealkylation sites (tertiary alicyclic amines) is 1. The molecule has 0 unspecified atom stereocenters. The Balaban J connectivity index is 0.00000289. The van der Waals surface area contributed by atoms with Crippen LogP contribution in [0.2, 0.25) is 0 Å². The highest BCUT2D eigenvalue weighted by Crippen LogP contribution is 2.13. The van der Waals surface area contributed by atoms with Crippen LogP contribution in [-0.2, 0) is 4.79 Å². The van der Waals surface area contributed by atoms with Crippen LogP contribution in [-0.4, -0.2) is 62.1 Å². The van der Waals surface area contributed by atoms with Gasteiger partial charge >= 0.3 is 0 Å². The molecule has 1 fully saturated rings. The van der Waals surface area contributed by atoms with Gasteiger partial charge in [0.1, 0.15) is 12.6 Å². The Morgan fingerprint density at radius 1 is 1.50 bits per heavy atom. The van der Waals surface area contributed by atoms with Crippen molar-refractivity contribution in [1.29, 1.82) is 0 Å². The largest absolute Gasteiger partial charge is 1.00 e. The van der Waals surface area contributed by atoms with Crippen LogP contribution < -0.4 is 24.0 Å². The van der Waals surface area contributed by atoms with Crippen molar-refractivity contribution in [2.45, 2.75) is 12.5 Å². The summed E-state index contributed by atoms with van der Waals surface area (Å²) in [7, 11) is 6.19. The van der Waals surface area contributed by atoms with Crippen molar-refractivity contribution in [1.82, 2.24) is 4.90 Å². The van der Waals surface area contributed by atoms with Crippen LogP contribution in [0.1, 0.15) is 6.42 Å². The van der Waals surface area contributed by atoms with E-state index in [-0.39, 0.29) is 29.9 Å². The van der Waals surface area contributed by atoms with Crippen molar-refractivity contribution in [2.24, 2.45) is 5.11 Å². The second-order valence-corrected chi connectivity index (χ2v) is 5.07. The molecule has 0 aromatic rings. The predicted molar refractivity (Wildman–Crippen MR) is 64.8 cm³/mol. The molecule has 1 rings (SSSR count). The van der Waals surface area contributed by atoms with Crippen molar-refractivity contribution in [3.05, 3.63) is 10.4 Å². The SMILES string of the molecule is C[N+](C)(C)CC#CCN1CC[C@H](N=[N+]=[N-])C1=O.[I-]. The number of hydrogen-bond acceptors (Lipinski definition) is 2. The van der Waals surface area contributed by atoms with E-state index >= 15 is 0 Å². The van der Waals surface area contributed by atoms with Crippen LogP contribution in [0.4, 0.5) is 0 Å². The molecule has 1 heterocycles. The lowest BCUT2D eigenvalue weighted by atomic mass is 10.3. The van der Waals surface area contributed by atoms with Crippen LogP contribution in [0.5, 0.6) is 0 Å². The summed E-state index contributed by atoms with van der Waals surface area (Å²) >= 11 is 0. The monoisotopic (exact) mass is 363 g/mol. The number of carbonyl (C=O) groups is 1. The number of nitrogens with zero attached hydrogens (tertiary/aromatic N) is 5. The molecule has 6 nitrogen and oxygen atoms in total. The number of amides is 1. The highest BCUT2D eigenvalue weighted by molar-refractivity contribution is 5.84. The topological polar surface area (TPSA) is 69.1 Å². The fraction of sp³-hybridized carbons (Fsp3) is 0.727. The minimum absolute atomic E-state index is 0. The number of halogens is 1. The van der Waals surface area contributed by atoms with Crippen molar-refractivity contribution >= 4 is 5.91 Å². The molecule has 0 spiro atoms. The van der Waals surface area contributed by atoms with Gasteiger partial charge in [0.15, 0.2) is 0 Å². The molecule has 1 saturated heterocycles. The fourth-order valence-corrected chi connectivity index (χ4v) is 1.49. The lowest BCUT2D eigenvalue weighted by Gasteiger charge is -2.20. The molecular weight excluding hydrogens is 345 g/mol. The Hall–Kier alpha value is -0.970. The van der Waals surface area contributed by atoms with Crippen molar-refractivity contribution in [2.75, 3.05) is 40.8 Å². The highest BCUT2D eigenvalue weighted by Gasteiger charge is 2.29. The van der Waals surface area contributed by atoms with Crippen LogP contribution >= 0.6 is 0 Å². The number of hydrogen-bond donors (Lipinski definition) is 0. The van der Waals surface area contributed by atoms with Gasteiger partial charge in [0.2, 0.25) is 5.91 Å². The summed E-state index contributed by atoms with van der Waals surface area (Å²) in [5.74, 6) is 5.92. The second kappa shape index (κ2) is 7.46. The maximum Gasteiger partial charge on any atom is 0.232 e. The quantitative estimate of drug-likeness (QED) is 0.138. The number of rotatable bonds is 3. The van der Waals surface area contributed by atoms with E-state index < -0.39 is 6.04 Å². The Morgan fingerprint density at radius 2 is 2.17 bits per heavy atom. The average molecular weight is 363 g/mol. The van der Waals surface area contributed by atoms with E-state index in [0.717, 1.165) is 11.0 Å². The molecule has 0 aromatic carbocycles. The van der Waals surface area contributed by atoms with Crippen LogP contribution in [0.25, 0.3) is 10.4 Å². The molecule has 1 aliphatic rings. The lowest BCUT2D eigenvalue weighted by Crippen LogP contribution is -3.00. The van der Waals surface area contributed by atoms with Gasteiger partial charge in [0.05, 0.1) is 27.7 Å². The number of carbonyl (C=O) groups excluding carboxylic acids is 1. The Bertz CT molecular complexity index is 400. The minimum Gasteiger partial charge on any atom is -1.00 e. The summed E-state index contributed by atoms with van der Waals surface area (Å²) in [6.45, 7) is 1.81. The highest BCUT2D eigenvalue weighted by atomic mass is 127. The standard InChI is InChI=1S/C11H18N5O.HI/c1-16(2,3)9-5-4-7-15-8-6-10(11(15)17)13-14-12;/h10H,6-9H2,1-3H3;1H/q+1;/p-1/t10-;/m0./s1. The van der Waals surface area contributed by atoms with E-state index in [0.29, 0.717) is 19.5 Å². The molecule has 0 aliphatic carbocycles. The summed E-state index contributed by atoms with van der Waals surface area (Å²) in [5, 5.41) is 3.46. The third-order valence-electron chi connectivity index (χ3n) is 2.41. The molecule has 100 valence electrons. The Labute approximate surface area is 125 Å². The van der Waals surface area contributed by atoms with E-state index in [1.165, 1.54) is 0 Å². The van der Waals surface area contributed by atoms with Crippen molar-refractivity contribution in [3.8, 4) is 11.8 Å². The molecule has 18 heavy (non-hydrogen) atoms. The summed E-state index contributed by atoms with van der Waals surface area (Å²) in [5.41, 5.74) is 8.29. The smallest absolute Gasteiger partial charge is 0.232 e. The van der Waals surface area contributed by atoms with Crippen molar-refractivity contribution in [3.63, 3.8) is 0 Å². The zero-order valence-corrected chi connectivity index (χ0v) is 13.1. The van der Waals surface area contributed by atoms with Gasteiger partial charge < -0.3 is 33.4 Å². The normalized spacial score (nSPS) is 18.5. The summed E-state index contributed by atoms with van der Waals surface area (Å²) in [6.07, 6.45) is 0.597. The van der Waals surface area contributed by atoms with Gasteiger partial charge in [-0.3, -0.25) is 4.79 Å². The van der Waals surface area contributed by atoms with Crippen LogP contribution in [0.15, 0.2) is 5.11 Å². The first-order chi connectivity index (χ1) is 7.94. The number of quaternary nitrogens is 1. The van der Waals surface area contributed by atoms with Crippen molar-refractivity contribution < 1.29 is 33.3 Å². The molecule has 1 aliphatic heterocycles. The third-order valence-corrected chi connectivity index (χ3v) is 2.41. The van der Waals surface area contributed by atoms with E-state index in [1.807, 2.05) is 0 Å². The van der Waals surface area contributed by atoms with Gasteiger partial charge in [-0.25, -0.2) is 0 Å². The van der Waals surface area contributed by atoms with E-state index in [4.69, 9.17) is 5.53 Å². The molecular formula is C11H18IN5O. The molecule has 0 bridgehead atoms. The van der Waals surface area contributed by atoms with Crippen LogP contribution in [0, 0.1) is 11.8 Å². The number of azide groups is 1. The van der Waals surface area contributed by atoms with Gasteiger partial charge in [0, 0.05) is 11.5 Å². The average Bonchev–Trinajstić information content (AvgIpc) is 2.55. The maximum absolute atomic E-state index is 11.7. The molecule has 0 aromatic heterocycles. The van der Waals surface area contributed by atoms with Gasteiger partial charge in [-0.2, -0.15) is 0 Å². The molecule has 0 saturated carbocycles. The van der Waals surface area contributed by atoms with Gasteiger partial charge in [-0.05, 0) is 17.9 Å². The lowest BCUT2D eigenvalue weighted by molar-refractivity contribution is -0.862. The summed E-state index contributed by atoms with van der Waals surface area (Å²) in [6, 6.07) is -0.528. The zero-order chi connectivity index (χ0) is 12.9. The first-order valence-electron chi connectivity index (χ1n) is 5.53. The van der Waals surface area contributed by atoms with E-state index in [9.17, 15) is 4.79 Å². The summed E-state index contributed by atoms with van der Waals surface area (Å²) < 4.78 is 0.780. The maximum atomic E-state index is 11.7. The fourth-order valence-electron chi connectivity index (χ4n) is 1.49. The molecule has 0 N–H and O–H groups in total. The van der Waals surface area contributed by atoms with Gasteiger partial charge in [0.25, 0.3) is 0 Å². The van der Waals surface area contributed by atoms with Crippen LogP contribution in [0.3, 0.4) is 0 Å². The molecule has 0 radical (unpaired) electrons. The van der Waals surface area contributed by atoms with E-state index in [1.54, 1.807) is 4.90 Å². The zero-order valence-electron chi connectivity index (χ0n) is 10.9. The van der Waals surface area contributed by atoms with Gasteiger partial charge in [-0.1, -0.05) is 11.0 Å². The molecule has 1 amide bonds. The van der Waals surface area contributed by atoms with E-state index in [2.05, 4.69) is 43.0 Å². The Kier molecular flexibility index (Phi) is 7.06. The molecule has 1 atom stereocenters. The van der Waals surface area contributed by atoms with Gasteiger partial charge in [-0.15, -0.1) is 0 Å². The Morgan fingerprint density at radius 3 is 2.72 bits per heavy atom. The first kappa shape index (κ1) is 17.0. The summed E-state index contributed by atoms with van der Waals surface area (Å²) in [4.78, 5) is 16.0. The minimum atomic E-state index is -0.528. The predicted octanol–water partition coefficient (Wildman–Crippen LogP) is -2.39. The first-order valence-corrected chi connectivity index (χ1v) is 5.53. The third kappa shape index (κ3) is 5.58. The second-order valence-electron chi connectivity index (χ2n) is 5.07.